The van der Waals surface area contributed by atoms with Gasteiger partial charge in [0.15, 0.2) is 0 Å². The number of rotatable bonds is 12. The number of aromatic nitrogens is 4. The van der Waals surface area contributed by atoms with Gasteiger partial charge in [-0.05, 0) is 46.8 Å². The van der Waals surface area contributed by atoms with Crippen LogP contribution in [-0.4, -0.2) is 68.3 Å². The average Bonchev–Trinajstić information content (AvgIpc) is 3.58. The molecule has 0 aliphatic carbocycles. The van der Waals surface area contributed by atoms with E-state index in [1.54, 1.807) is 17.0 Å². The number of nitrogens with zero attached hydrogens (tertiary/aromatic N) is 4. The molecule has 0 atom stereocenters. The van der Waals surface area contributed by atoms with Gasteiger partial charge in [-0.1, -0.05) is 66.4 Å². The molecule has 4 aromatic rings. The fourth-order valence-corrected chi connectivity index (χ4v) is 6.55. The number of alkyl halides is 5. The number of halogens is 9. The Hall–Kier alpha value is -1.96. The van der Waals surface area contributed by atoms with Crippen LogP contribution in [0.25, 0.3) is 22.1 Å². The van der Waals surface area contributed by atoms with Gasteiger partial charge in [0, 0.05) is 71.8 Å². The summed E-state index contributed by atoms with van der Waals surface area (Å²) >= 11 is 14.3. The number of carbonyl (C=O) groups is 1. The maximum atomic E-state index is 12.8. The zero-order valence-corrected chi connectivity index (χ0v) is 35.7. The number of esters is 1. The van der Waals surface area contributed by atoms with Crippen LogP contribution in [0.5, 0.6) is 0 Å². The van der Waals surface area contributed by atoms with Crippen LogP contribution in [0.2, 0.25) is 61.4 Å². The third-order valence-corrected chi connectivity index (χ3v) is 12.7. The van der Waals surface area contributed by atoms with Gasteiger partial charge in [0.05, 0.1) is 19.2 Å². The van der Waals surface area contributed by atoms with Crippen molar-refractivity contribution in [2.24, 2.45) is 0 Å². The molecule has 0 saturated carbocycles. The third kappa shape index (κ3) is 14.4. The molecule has 52 heavy (non-hydrogen) atoms. The van der Waals surface area contributed by atoms with Crippen LogP contribution in [0.1, 0.15) is 12.5 Å². The van der Waals surface area contributed by atoms with Crippen LogP contribution in [0.3, 0.4) is 0 Å². The van der Waals surface area contributed by atoms with Crippen molar-refractivity contribution in [3.63, 3.8) is 0 Å². The highest BCUT2D eigenvalue weighted by Crippen LogP contribution is 2.38. The van der Waals surface area contributed by atoms with E-state index >= 15 is 0 Å². The van der Waals surface area contributed by atoms with Gasteiger partial charge in [-0.3, -0.25) is 4.79 Å². The van der Waals surface area contributed by atoms with Gasteiger partial charge in [-0.15, -0.1) is 8.78 Å². The third-order valence-electron chi connectivity index (χ3n) is 6.71. The molecular weight excluding hydrogens is 912 g/mol. The molecule has 4 heterocycles. The van der Waals surface area contributed by atoms with E-state index in [0.29, 0.717) is 25.9 Å². The van der Waals surface area contributed by atoms with Crippen molar-refractivity contribution in [3.05, 3.63) is 56.1 Å². The molecule has 4 aromatic heterocycles. The molecule has 10 nitrogen and oxygen atoms in total. The van der Waals surface area contributed by atoms with Crippen LogP contribution in [0.4, 0.5) is 25.8 Å². The second-order valence-corrected chi connectivity index (χ2v) is 28.2. The quantitative estimate of drug-likeness (QED) is 0.0345. The minimum absolute atomic E-state index is 0.253. The lowest BCUT2D eigenvalue weighted by atomic mass is 10.2. The summed E-state index contributed by atoms with van der Waals surface area (Å²) in [5.41, 5.74) is -4.72. The van der Waals surface area contributed by atoms with Gasteiger partial charge in [0.25, 0.3) is 0 Å². The van der Waals surface area contributed by atoms with Gasteiger partial charge in [0.1, 0.15) is 24.8 Å². The molecular formula is C30H39Cl2F6IN4O6SSi2. The number of hydrogen-bond acceptors (Lipinski definition) is 8. The van der Waals surface area contributed by atoms with Gasteiger partial charge in [-0.25, -0.2) is 9.97 Å². The molecule has 0 amide bonds. The fraction of sp³-hybridized carbons (Fsp3) is 0.500. The van der Waals surface area contributed by atoms with Crippen molar-refractivity contribution < 1.29 is 53.3 Å². The Morgan fingerprint density at radius 3 is 1.62 bits per heavy atom. The van der Waals surface area contributed by atoms with Gasteiger partial charge in [0.2, 0.25) is 0 Å². The Morgan fingerprint density at radius 1 is 0.827 bits per heavy atom. The molecule has 0 bridgehead atoms. The highest BCUT2D eigenvalue weighted by molar-refractivity contribution is 14.1. The van der Waals surface area contributed by atoms with Crippen molar-refractivity contribution >= 4 is 100 Å². The maximum Gasteiger partial charge on any atom is 0.540 e. The van der Waals surface area contributed by atoms with Crippen molar-refractivity contribution in [3.8, 4) is 0 Å². The number of carbonyl (C=O) groups excluding carboxylic acids is 1. The summed E-state index contributed by atoms with van der Waals surface area (Å²) in [7, 11) is -8.36. The summed E-state index contributed by atoms with van der Waals surface area (Å²) < 4.78 is 111. The molecule has 0 aromatic carbocycles. The number of hydrogen-bond donors (Lipinski definition) is 0. The van der Waals surface area contributed by atoms with Crippen LogP contribution in [0, 0.1) is 3.57 Å². The Labute approximate surface area is 323 Å². The molecule has 0 aliphatic heterocycles. The zero-order chi connectivity index (χ0) is 39.9. The molecule has 0 spiro atoms. The van der Waals surface area contributed by atoms with Gasteiger partial charge >= 0.3 is 27.8 Å². The van der Waals surface area contributed by atoms with Crippen LogP contribution in [-0.2, 0) is 48.9 Å². The maximum absolute atomic E-state index is 12.8. The smallest absolute Gasteiger partial charge is 0.387 e. The van der Waals surface area contributed by atoms with Crippen LogP contribution in [0.15, 0.2) is 36.9 Å². The predicted octanol–water partition coefficient (Wildman–Crippen LogP) is 10.0. The standard InChI is InChI=1S/C14H18ClF3N2OSi.C13H18ClIN2OSi.C3H3F3O4S/c1-22(2,3)7-6-21-9-20-5-4-10-12(15)11(14(16,17)18)8-19-13(10)20;1-19(2,3)7-6-18-9-17-5-4-10-12(14)11(15)8-16-13(10)17;1-2(7)10-3(4,5)11(6,8)9/h4-5,8H,6-7,9H2,1-3H3;4-5,8H,6-7,9H2,1-3H3;1H3. The second-order valence-electron chi connectivity index (χ2n) is 13.6. The van der Waals surface area contributed by atoms with Crippen molar-refractivity contribution in [1.82, 2.24) is 19.1 Å². The highest BCUT2D eigenvalue weighted by atomic mass is 127. The Bertz CT molecular complexity index is 1940. The van der Waals surface area contributed by atoms with E-state index in [1.807, 2.05) is 16.8 Å². The number of pyridine rings is 2. The minimum atomic E-state index is -6.17. The molecule has 4 rings (SSSR count). The van der Waals surface area contributed by atoms with Crippen molar-refractivity contribution in [2.45, 2.75) is 83.4 Å². The lowest BCUT2D eigenvalue weighted by Gasteiger charge is -2.15. The zero-order valence-electron chi connectivity index (χ0n) is 29.3. The summed E-state index contributed by atoms with van der Waals surface area (Å²) in [4.78, 5) is 18.1. The second kappa shape index (κ2) is 18.6. The number of fused-ring (bicyclic) bond motifs is 2. The topological polar surface area (TPSA) is 115 Å². The summed E-state index contributed by atoms with van der Waals surface area (Å²) in [6.07, 6.45) is 1.67. The first-order valence-electron chi connectivity index (χ1n) is 15.3. The van der Waals surface area contributed by atoms with E-state index < -0.39 is 49.5 Å². The Kier molecular flexibility index (Phi) is 16.5. The largest absolute Gasteiger partial charge is 0.540 e. The molecule has 0 N–H and O–H groups in total. The van der Waals surface area contributed by atoms with E-state index in [9.17, 15) is 39.1 Å². The van der Waals surface area contributed by atoms with E-state index in [1.165, 1.54) is 12.1 Å². The summed E-state index contributed by atoms with van der Waals surface area (Å²) in [6, 6.07) is 5.73. The van der Waals surface area contributed by atoms with Crippen molar-refractivity contribution in [1.29, 1.82) is 0 Å². The van der Waals surface area contributed by atoms with E-state index in [-0.39, 0.29) is 17.1 Å². The Morgan fingerprint density at radius 2 is 1.25 bits per heavy atom. The molecule has 0 radical (unpaired) electrons. The fourth-order valence-electron chi connectivity index (χ4n) is 3.89. The number of ether oxygens (including phenoxy) is 3. The molecule has 0 unspecified atom stereocenters. The first-order chi connectivity index (χ1) is 23.6. The lowest BCUT2D eigenvalue weighted by molar-refractivity contribution is -0.190. The minimum Gasteiger partial charge on any atom is -0.387 e. The first-order valence-corrected chi connectivity index (χ1v) is 25.9. The van der Waals surface area contributed by atoms with Crippen molar-refractivity contribution in [2.75, 3.05) is 13.2 Å². The predicted molar refractivity (Wildman–Crippen MR) is 202 cm³/mol. The van der Waals surface area contributed by atoms with Gasteiger partial charge in [-0.2, -0.15) is 21.6 Å². The SMILES string of the molecule is CC(=O)OC(F)(F)S(=O)(=O)F.C[Si](C)(C)CCOCn1ccc2c(Cl)c(C(F)(F)F)cnc21.C[Si](C)(C)CCOCn1ccc2c(Cl)c(I)cnc21. The first kappa shape index (κ1) is 46.2. The normalized spacial score (nSPS) is 12.7. The van der Waals surface area contributed by atoms with Crippen LogP contribution < -0.4 is 0 Å². The summed E-state index contributed by atoms with van der Waals surface area (Å²) in [5, 5.41) is 1.72. The molecule has 292 valence electrons. The average molecular weight is 952 g/mol. The molecule has 22 heteroatoms. The molecule has 0 fully saturated rings. The Balaban J connectivity index is 0.000000286. The molecule has 0 aliphatic rings. The van der Waals surface area contributed by atoms with E-state index in [0.717, 1.165) is 38.5 Å². The summed E-state index contributed by atoms with van der Waals surface area (Å²) in [6.45, 7) is 16.6. The lowest BCUT2D eigenvalue weighted by Crippen LogP contribution is -2.30. The van der Waals surface area contributed by atoms with Gasteiger partial charge < -0.3 is 23.3 Å². The van der Waals surface area contributed by atoms with Crippen LogP contribution >= 0.6 is 45.8 Å². The highest BCUT2D eigenvalue weighted by Gasteiger charge is 2.50. The molecule has 0 saturated heterocycles. The van der Waals surface area contributed by atoms with E-state index in [2.05, 4.69) is 76.6 Å². The monoisotopic (exact) mass is 950 g/mol. The van der Waals surface area contributed by atoms with E-state index in [4.69, 9.17) is 32.7 Å². The summed E-state index contributed by atoms with van der Waals surface area (Å²) in [5.74, 6) is -1.59.